The highest BCUT2D eigenvalue weighted by Gasteiger charge is 2.79. The van der Waals surface area contributed by atoms with Gasteiger partial charge in [0.1, 0.15) is 0 Å². The van der Waals surface area contributed by atoms with Crippen LogP contribution in [0.5, 0.6) is 0 Å². The third-order valence-corrected chi connectivity index (χ3v) is 9.69. The highest BCUT2D eigenvalue weighted by atomic mass is 32.2. The monoisotopic (exact) mass is 1460 g/mol. The van der Waals surface area contributed by atoms with E-state index in [2.05, 4.69) is 36.3 Å². The SMILES string of the molecule is C1CO1.FC(F)=C(F)OC(F)(F)C(F)(F)C(F)(F)F.OCCOCCSC(F)(F)C(F)OC(F)(F)C(F)(F)C(F)(F)F.OCCS.OCCSC(F)(F)C(F)OC(F)(F)C(F)(F)C(F)(F)F.OCCSC(F)(F)C(F)OC(F)(F)C(F)(F)C(F)(F)F. The standard InChI is InChI=1S/C9H10F10O3S.2C7H6F10O2S.C5F10O.C2H6OS.C2H4O/c10-5(6(11,12)23-4-3-21-2-1-20)22-9(18,19)7(13,14)8(15,16)17;2*8-3(4(9,10)20-2-1-18)19-7(16,17)5(11,12)6(13,14)15;6-1(7)2(8)16-5(14,15)3(9,10)4(11,12)13;3-1-2-4;1-2-3-1/h5,20H,1-4H2;2*3,18H,1-2H2;;3-4H,1-2H2;1-2H2. The number of epoxide rings is 1. The van der Waals surface area contributed by atoms with Gasteiger partial charge in [-0.1, -0.05) is 35.3 Å². The van der Waals surface area contributed by atoms with Crippen molar-refractivity contribution in [2.45, 2.75) is 108 Å². The lowest BCUT2D eigenvalue weighted by Crippen LogP contribution is -2.55. The van der Waals surface area contributed by atoms with Gasteiger partial charge in [-0.2, -0.15) is 175 Å². The lowest BCUT2D eigenvalue weighted by Gasteiger charge is -2.30. The van der Waals surface area contributed by atoms with Crippen LogP contribution in [0.4, 0.5) is 176 Å². The van der Waals surface area contributed by atoms with Crippen LogP contribution in [0.25, 0.3) is 0 Å². The summed E-state index contributed by atoms with van der Waals surface area (Å²) >= 11 is 1.37. The van der Waals surface area contributed by atoms with Gasteiger partial charge in [0.2, 0.25) is 0 Å². The number of thiol groups is 1. The molecule has 1 rings (SSSR count). The second-order valence-corrected chi connectivity index (χ2v) is 17.5. The van der Waals surface area contributed by atoms with Gasteiger partial charge in [0, 0.05) is 23.0 Å². The average molecular weight is 1460 g/mol. The quantitative estimate of drug-likeness (QED) is 0.0167. The Hall–Kier alpha value is -2.22. The Kier molecular flexibility index (Phi) is 38.9. The van der Waals surface area contributed by atoms with Gasteiger partial charge in [0.05, 0.1) is 52.9 Å². The molecule has 10 nitrogen and oxygen atoms in total. The van der Waals surface area contributed by atoms with E-state index in [1.807, 2.05) is 4.74 Å². The Morgan fingerprint density at radius 1 is 0.384 bits per heavy atom. The topological polar surface area (TPSA) is 140 Å². The lowest BCUT2D eigenvalue weighted by atomic mass is 10.3. The molecule has 86 heavy (non-hydrogen) atoms. The van der Waals surface area contributed by atoms with Crippen molar-refractivity contribution in [3.05, 3.63) is 12.1 Å². The van der Waals surface area contributed by atoms with Crippen molar-refractivity contribution >= 4 is 47.9 Å². The van der Waals surface area contributed by atoms with Crippen LogP contribution in [0.1, 0.15) is 0 Å². The second-order valence-electron chi connectivity index (χ2n) is 13.4. The van der Waals surface area contributed by atoms with Crippen LogP contribution in [-0.2, 0) is 28.4 Å². The molecule has 3 unspecified atom stereocenters. The Balaban J connectivity index is -0.000000327. The molecule has 0 aromatic carbocycles. The summed E-state index contributed by atoms with van der Waals surface area (Å²) in [5, 5.41) is 17.8. The molecule has 1 fully saturated rings. The van der Waals surface area contributed by atoms with E-state index in [-0.39, 0.29) is 13.2 Å². The number of aliphatic hydroxyl groups is 4. The largest absolute Gasteiger partial charge is 0.476 e. The molecule has 1 heterocycles. The Labute approximate surface area is 467 Å². The molecule has 3 atom stereocenters. The Morgan fingerprint density at radius 3 is 0.802 bits per heavy atom. The van der Waals surface area contributed by atoms with Crippen molar-refractivity contribution in [2.75, 3.05) is 75.9 Å². The maximum absolute atomic E-state index is 13.0. The molecular formula is C32H32F40O10S4. The van der Waals surface area contributed by atoms with Crippen LogP contribution in [0.15, 0.2) is 12.1 Å². The zero-order valence-corrected chi connectivity index (χ0v) is 43.1. The summed E-state index contributed by atoms with van der Waals surface area (Å²) < 4.78 is 503. The van der Waals surface area contributed by atoms with Crippen LogP contribution in [-0.4, -0.2) is 204 Å². The first-order valence-corrected chi connectivity index (χ1v) is 23.3. The molecule has 0 bridgehead atoms. The van der Waals surface area contributed by atoms with E-state index in [1.54, 1.807) is 0 Å². The van der Waals surface area contributed by atoms with Gasteiger partial charge in [-0.05, 0) is 0 Å². The smallest absolute Gasteiger partial charge is 0.397 e. The third kappa shape index (κ3) is 30.7. The van der Waals surface area contributed by atoms with Gasteiger partial charge in [0.25, 0.3) is 19.1 Å². The minimum Gasteiger partial charge on any atom is -0.397 e. The number of thioether (sulfide) groups is 3. The fourth-order valence-corrected chi connectivity index (χ4v) is 4.39. The van der Waals surface area contributed by atoms with Crippen LogP contribution < -0.4 is 0 Å². The molecule has 0 radical (unpaired) electrons. The number of halogens is 40. The number of hydrogen-bond acceptors (Lipinski definition) is 14. The molecule has 1 aliphatic heterocycles. The van der Waals surface area contributed by atoms with Gasteiger partial charge in [-0.15, -0.1) is 0 Å². The maximum Gasteiger partial charge on any atom is 0.476 e. The number of alkyl halides is 37. The van der Waals surface area contributed by atoms with E-state index in [4.69, 9.17) is 20.4 Å². The molecule has 1 saturated heterocycles. The summed E-state index contributed by atoms with van der Waals surface area (Å²) in [6, 6.07) is -3.52. The zero-order chi connectivity index (χ0) is 70.2. The highest BCUT2D eigenvalue weighted by molar-refractivity contribution is 8.00. The number of aliphatic hydroxyl groups excluding tert-OH is 4. The maximum atomic E-state index is 13.0. The van der Waals surface area contributed by atoms with E-state index in [9.17, 15) is 176 Å². The first-order chi connectivity index (χ1) is 37.8. The molecule has 1 aliphatic rings. The van der Waals surface area contributed by atoms with Crippen molar-refractivity contribution in [2.24, 2.45) is 0 Å². The van der Waals surface area contributed by atoms with Gasteiger partial charge in [-0.3, -0.25) is 14.2 Å². The highest BCUT2D eigenvalue weighted by Crippen LogP contribution is 2.53. The van der Waals surface area contributed by atoms with Crippen molar-refractivity contribution in [1.82, 2.24) is 0 Å². The fraction of sp³-hybridized carbons (Fsp3) is 0.938. The second kappa shape index (κ2) is 36.1. The van der Waals surface area contributed by atoms with Crippen molar-refractivity contribution < 1.29 is 224 Å². The molecule has 0 spiro atoms. The molecule has 0 amide bonds. The molecule has 0 aromatic heterocycles. The molecule has 524 valence electrons. The van der Waals surface area contributed by atoms with Crippen molar-refractivity contribution in [1.29, 1.82) is 0 Å². The summed E-state index contributed by atoms with van der Waals surface area (Å²) in [7, 11) is 0. The Morgan fingerprint density at radius 2 is 0.616 bits per heavy atom. The molecule has 0 aliphatic carbocycles. The van der Waals surface area contributed by atoms with Crippen LogP contribution in [0, 0.1) is 0 Å². The van der Waals surface area contributed by atoms with E-state index in [0.717, 1.165) is 13.2 Å². The lowest BCUT2D eigenvalue weighted by molar-refractivity contribution is -0.446. The van der Waals surface area contributed by atoms with E-state index in [1.165, 1.54) is 0 Å². The van der Waals surface area contributed by atoms with Gasteiger partial charge < -0.3 is 34.6 Å². The predicted molar refractivity (Wildman–Crippen MR) is 209 cm³/mol. The Bertz CT molecular complexity index is 1820. The van der Waals surface area contributed by atoms with Gasteiger partial charge in [-0.25, -0.2) is 13.2 Å². The summed E-state index contributed by atoms with van der Waals surface area (Å²) in [6.45, 7) is -0.928. The molecule has 54 heteroatoms. The fourth-order valence-electron chi connectivity index (χ4n) is 2.66. The van der Waals surface area contributed by atoms with E-state index >= 15 is 0 Å². The summed E-state index contributed by atoms with van der Waals surface area (Å²) in [4.78, 5) is 0. The normalized spacial score (nSPS) is 15.5. The van der Waals surface area contributed by atoms with Crippen molar-refractivity contribution in [3.8, 4) is 0 Å². The first kappa shape index (κ1) is 92.5. The predicted octanol–water partition coefficient (Wildman–Crippen LogP) is 14.0. The number of hydrogen-bond donors (Lipinski definition) is 5. The van der Waals surface area contributed by atoms with Crippen LogP contribution in [0.3, 0.4) is 0 Å². The van der Waals surface area contributed by atoms with Gasteiger partial charge >= 0.3 is 101 Å². The van der Waals surface area contributed by atoms with Crippen LogP contribution >= 0.6 is 47.9 Å². The van der Waals surface area contributed by atoms with E-state index < -0.39 is 199 Å². The van der Waals surface area contributed by atoms with Crippen molar-refractivity contribution in [3.63, 3.8) is 0 Å². The van der Waals surface area contributed by atoms with E-state index in [0.29, 0.717) is 5.75 Å². The number of rotatable bonds is 28. The molecule has 0 aromatic rings. The van der Waals surface area contributed by atoms with Crippen LogP contribution in [0.2, 0.25) is 0 Å². The van der Waals surface area contributed by atoms with Gasteiger partial charge in [0.15, 0.2) is 0 Å². The molecule has 4 N–H and O–H groups in total. The minimum absolute atomic E-state index is 0.184. The summed E-state index contributed by atoms with van der Waals surface area (Å²) in [6.07, 6.45) is -70.3. The number of ether oxygens (including phenoxy) is 6. The molecule has 0 saturated carbocycles. The summed E-state index contributed by atoms with van der Waals surface area (Å²) in [5.74, 6) is -29.3. The third-order valence-electron chi connectivity index (χ3n) is 6.63. The average Bonchev–Trinajstić information content (AvgIpc) is 4.21. The first-order valence-electron chi connectivity index (χ1n) is 19.7. The minimum atomic E-state index is -6.87. The summed E-state index contributed by atoms with van der Waals surface area (Å²) in [5.41, 5.74) is 0. The molecular weight excluding hydrogens is 1430 g/mol. The zero-order valence-electron chi connectivity index (χ0n) is 39.7.